The van der Waals surface area contributed by atoms with Crippen molar-refractivity contribution >= 4 is 12.0 Å². The van der Waals surface area contributed by atoms with Crippen LogP contribution in [0.1, 0.15) is 70.8 Å². The maximum absolute atomic E-state index is 13.8. The number of nitrogens with zero attached hydrogens (tertiary/aromatic N) is 1. The van der Waals surface area contributed by atoms with Crippen molar-refractivity contribution in [3.63, 3.8) is 0 Å². The molecular formula is C26H37FN2O6. The molecule has 0 radical (unpaired) electrons. The highest BCUT2D eigenvalue weighted by Gasteiger charge is 2.50. The zero-order valence-corrected chi connectivity index (χ0v) is 20.8. The van der Waals surface area contributed by atoms with Crippen molar-refractivity contribution in [3.8, 4) is 5.75 Å². The van der Waals surface area contributed by atoms with Gasteiger partial charge in [-0.3, -0.25) is 4.79 Å². The van der Waals surface area contributed by atoms with E-state index >= 15 is 0 Å². The molecule has 3 aliphatic rings. The molecule has 2 amide bonds. The summed E-state index contributed by atoms with van der Waals surface area (Å²) in [4.78, 5) is 27.0. The van der Waals surface area contributed by atoms with E-state index in [0.717, 1.165) is 32.1 Å². The fraction of sp³-hybridized carbons (Fsp3) is 0.692. The van der Waals surface area contributed by atoms with Crippen LogP contribution in [0.15, 0.2) is 18.2 Å². The summed E-state index contributed by atoms with van der Waals surface area (Å²) in [6.07, 6.45) is 4.03. The highest BCUT2D eigenvalue weighted by molar-refractivity contribution is 5.79. The van der Waals surface area contributed by atoms with E-state index in [0.29, 0.717) is 25.1 Å². The van der Waals surface area contributed by atoms with Gasteiger partial charge in [-0.2, -0.15) is 0 Å². The summed E-state index contributed by atoms with van der Waals surface area (Å²) < 4.78 is 31.4. The largest absolute Gasteiger partial charge is 0.505 e. The third kappa shape index (κ3) is 5.89. The molecule has 2 unspecified atom stereocenters. The molecule has 1 aliphatic carbocycles. The monoisotopic (exact) mass is 492 g/mol. The number of hydrogen-bond donors (Lipinski definition) is 2. The summed E-state index contributed by atoms with van der Waals surface area (Å²) in [5.41, 5.74) is -0.706. The summed E-state index contributed by atoms with van der Waals surface area (Å²) in [6, 6.07) is 4.25. The summed E-state index contributed by atoms with van der Waals surface area (Å²) in [5, 5.41) is 13.2. The number of morpholine rings is 1. The maximum atomic E-state index is 13.8. The van der Waals surface area contributed by atoms with E-state index in [4.69, 9.17) is 14.2 Å². The van der Waals surface area contributed by atoms with Crippen LogP contribution in [0.5, 0.6) is 5.75 Å². The van der Waals surface area contributed by atoms with Crippen LogP contribution in [-0.2, 0) is 19.0 Å². The molecule has 2 atom stereocenters. The highest BCUT2D eigenvalue weighted by atomic mass is 19.1. The second-order valence-corrected chi connectivity index (χ2v) is 11.0. The Morgan fingerprint density at radius 2 is 2.03 bits per heavy atom. The molecule has 4 rings (SSSR count). The minimum Gasteiger partial charge on any atom is -0.505 e. The van der Waals surface area contributed by atoms with Crippen LogP contribution in [-0.4, -0.2) is 71.7 Å². The van der Waals surface area contributed by atoms with Crippen LogP contribution in [0.25, 0.3) is 0 Å². The molecule has 8 nitrogen and oxygen atoms in total. The number of amides is 2. The number of aromatic hydroxyl groups is 1. The second-order valence-electron chi connectivity index (χ2n) is 11.0. The third-order valence-electron chi connectivity index (χ3n) is 7.27. The Morgan fingerprint density at radius 1 is 1.29 bits per heavy atom. The molecular weight excluding hydrogens is 455 g/mol. The van der Waals surface area contributed by atoms with Gasteiger partial charge in [0.25, 0.3) is 0 Å². The summed E-state index contributed by atoms with van der Waals surface area (Å²) >= 11 is 0. The van der Waals surface area contributed by atoms with Crippen molar-refractivity contribution in [2.24, 2.45) is 0 Å². The molecule has 1 spiro atoms. The number of para-hydroxylation sites is 1. The van der Waals surface area contributed by atoms with Gasteiger partial charge in [-0.05, 0) is 71.3 Å². The summed E-state index contributed by atoms with van der Waals surface area (Å²) in [6.45, 7) is 6.59. The lowest BCUT2D eigenvalue weighted by atomic mass is 9.80. The molecule has 35 heavy (non-hydrogen) atoms. The van der Waals surface area contributed by atoms with Gasteiger partial charge < -0.3 is 29.5 Å². The van der Waals surface area contributed by atoms with Crippen molar-refractivity contribution in [2.45, 2.75) is 88.5 Å². The number of phenolic OH excluding ortho intramolecular Hbond substituents is 1. The Hall–Kier alpha value is -2.39. The van der Waals surface area contributed by atoms with E-state index in [-0.39, 0.29) is 36.9 Å². The Bertz CT molecular complexity index is 923. The predicted molar refractivity (Wildman–Crippen MR) is 127 cm³/mol. The van der Waals surface area contributed by atoms with Crippen LogP contribution < -0.4 is 5.32 Å². The average Bonchev–Trinajstić information content (AvgIpc) is 2.79. The molecule has 1 aromatic carbocycles. The number of carbonyl (C=O) groups is 2. The minimum absolute atomic E-state index is 0.0126. The van der Waals surface area contributed by atoms with Crippen molar-refractivity contribution in [1.29, 1.82) is 0 Å². The first-order valence-electron chi connectivity index (χ1n) is 12.6. The van der Waals surface area contributed by atoms with Gasteiger partial charge in [-0.1, -0.05) is 12.1 Å². The topological polar surface area (TPSA) is 97.3 Å². The molecule has 2 saturated heterocycles. The van der Waals surface area contributed by atoms with E-state index < -0.39 is 29.1 Å². The van der Waals surface area contributed by atoms with Gasteiger partial charge in [0.1, 0.15) is 12.2 Å². The Morgan fingerprint density at radius 3 is 2.71 bits per heavy atom. The summed E-state index contributed by atoms with van der Waals surface area (Å²) in [5.74, 6) is -0.969. The first kappa shape index (κ1) is 25.7. The Balaban J connectivity index is 1.43. The van der Waals surface area contributed by atoms with E-state index in [1.165, 1.54) is 6.07 Å². The molecule has 1 aromatic rings. The van der Waals surface area contributed by atoms with Gasteiger partial charge in [-0.15, -0.1) is 0 Å². The number of rotatable bonds is 4. The maximum Gasteiger partial charge on any atom is 0.410 e. The number of carbonyl (C=O) groups excluding carboxylic acids is 2. The fourth-order valence-corrected chi connectivity index (χ4v) is 5.59. The minimum atomic E-state index is -0.713. The number of likely N-dealkylation sites (tertiary alicyclic amines) is 1. The van der Waals surface area contributed by atoms with Gasteiger partial charge in [0, 0.05) is 12.1 Å². The second kappa shape index (κ2) is 10.3. The standard InChI is InChI=1S/C26H37FN2O6/c1-25(2,3)35-24(32)29-13-5-12-26(16-33-15-22(30)28-26)21(29)14-34-18-10-8-17(9-11-18)19-6-4-7-20(27)23(19)31/h4,6-7,17-18,21,31H,5,8-16H2,1-3H3,(H,28,30). The van der Waals surface area contributed by atoms with E-state index in [9.17, 15) is 19.1 Å². The van der Waals surface area contributed by atoms with Crippen LogP contribution >= 0.6 is 0 Å². The molecule has 2 heterocycles. The molecule has 2 aliphatic heterocycles. The van der Waals surface area contributed by atoms with E-state index in [1.807, 2.05) is 20.8 Å². The zero-order valence-electron chi connectivity index (χ0n) is 20.8. The fourth-order valence-electron chi connectivity index (χ4n) is 5.59. The quantitative estimate of drug-likeness (QED) is 0.663. The van der Waals surface area contributed by atoms with E-state index in [2.05, 4.69) is 5.32 Å². The number of ether oxygens (including phenoxy) is 3. The zero-order chi connectivity index (χ0) is 25.2. The molecule has 1 saturated carbocycles. The number of benzene rings is 1. The van der Waals surface area contributed by atoms with Crippen LogP contribution in [0.3, 0.4) is 0 Å². The van der Waals surface area contributed by atoms with Gasteiger partial charge in [0.2, 0.25) is 5.91 Å². The number of piperidine rings is 1. The molecule has 9 heteroatoms. The number of nitrogens with one attached hydrogen (secondary N) is 1. The van der Waals surface area contributed by atoms with Crippen molar-refractivity contribution in [3.05, 3.63) is 29.6 Å². The molecule has 0 bridgehead atoms. The Labute approximate surface area is 206 Å². The third-order valence-corrected chi connectivity index (χ3v) is 7.27. The lowest BCUT2D eigenvalue weighted by Gasteiger charge is -2.51. The van der Waals surface area contributed by atoms with Crippen molar-refractivity contribution in [2.75, 3.05) is 26.4 Å². The lowest BCUT2D eigenvalue weighted by Crippen LogP contribution is -2.72. The summed E-state index contributed by atoms with van der Waals surface area (Å²) in [7, 11) is 0. The van der Waals surface area contributed by atoms with Gasteiger partial charge in [0.05, 0.1) is 30.9 Å². The van der Waals surface area contributed by atoms with Crippen LogP contribution in [0.4, 0.5) is 9.18 Å². The molecule has 2 N–H and O–H groups in total. The average molecular weight is 493 g/mol. The van der Waals surface area contributed by atoms with Crippen LogP contribution in [0.2, 0.25) is 0 Å². The van der Waals surface area contributed by atoms with E-state index in [1.54, 1.807) is 17.0 Å². The molecule has 3 fully saturated rings. The Kier molecular flexibility index (Phi) is 7.57. The molecule has 0 aromatic heterocycles. The van der Waals surface area contributed by atoms with Gasteiger partial charge >= 0.3 is 6.09 Å². The smallest absolute Gasteiger partial charge is 0.410 e. The number of halogens is 1. The first-order valence-corrected chi connectivity index (χ1v) is 12.6. The normalized spacial score (nSPS) is 29.7. The highest BCUT2D eigenvalue weighted by Crippen LogP contribution is 2.39. The van der Waals surface area contributed by atoms with Gasteiger partial charge in [-0.25, -0.2) is 9.18 Å². The van der Waals surface area contributed by atoms with Gasteiger partial charge in [0.15, 0.2) is 11.6 Å². The predicted octanol–water partition coefficient (Wildman–Crippen LogP) is 3.86. The lowest BCUT2D eigenvalue weighted by molar-refractivity contribution is -0.144. The number of hydrogen-bond acceptors (Lipinski definition) is 6. The van der Waals surface area contributed by atoms with Crippen LogP contribution in [0, 0.1) is 5.82 Å². The SMILES string of the molecule is CC(C)(C)OC(=O)N1CCCC2(COCC(=O)N2)C1COC1CCC(c2cccc(F)c2O)CC1. The molecule has 194 valence electrons. The van der Waals surface area contributed by atoms with Crippen molar-refractivity contribution < 1.29 is 33.3 Å². The van der Waals surface area contributed by atoms with Crippen molar-refractivity contribution in [1.82, 2.24) is 10.2 Å². The number of phenols is 1. The first-order chi connectivity index (χ1) is 16.6.